The molecular weight excluding hydrogens is 324 g/mol. The molecule has 3 rings (SSSR count). The second-order valence-electron chi connectivity index (χ2n) is 5.77. The van der Waals surface area contributed by atoms with Gasteiger partial charge in [0.1, 0.15) is 5.75 Å². The Labute approximate surface area is 145 Å². The van der Waals surface area contributed by atoms with Gasteiger partial charge >= 0.3 is 0 Å². The van der Waals surface area contributed by atoms with Crippen LogP contribution < -0.4 is 15.4 Å². The fourth-order valence-electron chi connectivity index (χ4n) is 2.89. The molecule has 0 spiro atoms. The monoisotopic (exact) mass is 344 g/mol. The third-order valence-corrected chi connectivity index (χ3v) is 4.93. The maximum absolute atomic E-state index is 12.5. The SMILES string of the molecule is CC(=O)N[C@@H](CC(=O)N[C@H]1CCOc2ccccc21)c1cccs1. The van der Waals surface area contributed by atoms with Crippen LogP contribution in [0.1, 0.15) is 42.3 Å². The fraction of sp³-hybridized carbons (Fsp3) is 0.333. The zero-order chi connectivity index (χ0) is 16.9. The maximum atomic E-state index is 12.5. The van der Waals surface area contributed by atoms with Gasteiger partial charge in [-0.15, -0.1) is 11.3 Å². The molecule has 5 nitrogen and oxygen atoms in total. The fourth-order valence-corrected chi connectivity index (χ4v) is 3.67. The first-order chi connectivity index (χ1) is 11.6. The van der Waals surface area contributed by atoms with Crippen molar-refractivity contribution in [1.82, 2.24) is 10.6 Å². The van der Waals surface area contributed by atoms with Gasteiger partial charge in [-0.3, -0.25) is 9.59 Å². The largest absolute Gasteiger partial charge is 0.493 e. The number of carbonyl (C=O) groups is 2. The summed E-state index contributed by atoms with van der Waals surface area (Å²) in [4.78, 5) is 24.9. The quantitative estimate of drug-likeness (QED) is 0.876. The van der Waals surface area contributed by atoms with Gasteiger partial charge in [-0.05, 0) is 17.5 Å². The van der Waals surface area contributed by atoms with Gasteiger partial charge in [-0.25, -0.2) is 0 Å². The number of benzene rings is 1. The molecule has 2 N–H and O–H groups in total. The number of hydrogen-bond donors (Lipinski definition) is 2. The number of nitrogens with one attached hydrogen (secondary N) is 2. The second-order valence-corrected chi connectivity index (χ2v) is 6.75. The lowest BCUT2D eigenvalue weighted by molar-refractivity contribution is -0.123. The molecule has 1 aromatic carbocycles. The lowest BCUT2D eigenvalue weighted by Crippen LogP contribution is -2.35. The number of thiophene rings is 1. The predicted molar refractivity (Wildman–Crippen MR) is 92.9 cm³/mol. The Bertz CT molecular complexity index is 715. The Morgan fingerprint density at radius 1 is 1.29 bits per heavy atom. The molecule has 1 aliphatic heterocycles. The van der Waals surface area contributed by atoms with E-state index in [9.17, 15) is 9.59 Å². The average molecular weight is 344 g/mol. The maximum Gasteiger partial charge on any atom is 0.222 e. The summed E-state index contributed by atoms with van der Waals surface area (Å²) in [6, 6.07) is 11.3. The van der Waals surface area contributed by atoms with E-state index in [1.54, 1.807) is 0 Å². The van der Waals surface area contributed by atoms with E-state index >= 15 is 0 Å². The molecule has 1 aliphatic rings. The molecule has 0 radical (unpaired) electrons. The van der Waals surface area contributed by atoms with Crippen molar-refractivity contribution in [2.24, 2.45) is 0 Å². The molecule has 0 saturated heterocycles. The van der Waals surface area contributed by atoms with Crippen molar-refractivity contribution < 1.29 is 14.3 Å². The molecule has 6 heteroatoms. The van der Waals surface area contributed by atoms with Gasteiger partial charge in [0, 0.05) is 23.8 Å². The Kier molecular flexibility index (Phi) is 5.15. The van der Waals surface area contributed by atoms with Crippen LogP contribution in [0.5, 0.6) is 5.75 Å². The lowest BCUT2D eigenvalue weighted by Gasteiger charge is -2.27. The zero-order valence-electron chi connectivity index (χ0n) is 13.5. The first kappa shape index (κ1) is 16.5. The van der Waals surface area contributed by atoms with E-state index in [2.05, 4.69) is 10.6 Å². The topological polar surface area (TPSA) is 67.4 Å². The van der Waals surface area contributed by atoms with E-state index in [-0.39, 0.29) is 30.3 Å². The van der Waals surface area contributed by atoms with Gasteiger partial charge < -0.3 is 15.4 Å². The van der Waals surface area contributed by atoms with Crippen LogP contribution in [-0.4, -0.2) is 18.4 Å². The molecule has 0 fully saturated rings. The standard InChI is InChI=1S/C18H20N2O3S/c1-12(21)19-15(17-7-4-10-24-17)11-18(22)20-14-8-9-23-16-6-3-2-5-13(14)16/h2-7,10,14-15H,8-9,11H2,1H3,(H,19,21)(H,20,22)/t14-,15-/m0/s1. The highest BCUT2D eigenvalue weighted by atomic mass is 32.1. The molecule has 126 valence electrons. The molecule has 0 unspecified atom stereocenters. The van der Waals surface area contributed by atoms with Crippen LogP contribution in [0.15, 0.2) is 41.8 Å². The van der Waals surface area contributed by atoms with E-state index in [0.717, 1.165) is 22.6 Å². The van der Waals surface area contributed by atoms with Gasteiger partial charge in [-0.1, -0.05) is 24.3 Å². The number of hydrogen-bond acceptors (Lipinski definition) is 4. The van der Waals surface area contributed by atoms with Crippen molar-refractivity contribution in [2.45, 2.75) is 31.8 Å². The van der Waals surface area contributed by atoms with Gasteiger partial charge in [-0.2, -0.15) is 0 Å². The number of fused-ring (bicyclic) bond motifs is 1. The normalized spacial score (nSPS) is 17.3. The second kappa shape index (κ2) is 7.49. The molecule has 2 heterocycles. The van der Waals surface area contributed by atoms with Crippen molar-refractivity contribution >= 4 is 23.2 Å². The average Bonchev–Trinajstić information content (AvgIpc) is 3.08. The highest BCUT2D eigenvalue weighted by molar-refractivity contribution is 7.10. The number of amides is 2. The molecule has 0 aliphatic carbocycles. The van der Waals surface area contributed by atoms with Crippen molar-refractivity contribution in [2.75, 3.05) is 6.61 Å². The number of para-hydroxylation sites is 1. The van der Waals surface area contributed by atoms with Crippen molar-refractivity contribution in [3.05, 3.63) is 52.2 Å². The molecule has 2 atom stereocenters. The predicted octanol–water partition coefficient (Wildman–Crippen LogP) is 2.96. The van der Waals surface area contributed by atoms with Gasteiger partial charge in [0.15, 0.2) is 0 Å². The minimum Gasteiger partial charge on any atom is -0.493 e. The summed E-state index contributed by atoms with van der Waals surface area (Å²) in [7, 11) is 0. The number of rotatable bonds is 5. The Hall–Kier alpha value is -2.34. The third kappa shape index (κ3) is 3.94. The van der Waals surface area contributed by atoms with E-state index in [4.69, 9.17) is 4.74 Å². The molecular formula is C18H20N2O3S. The molecule has 2 aromatic rings. The van der Waals surface area contributed by atoms with Crippen molar-refractivity contribution in [3.63, 3.8) is 0 Å². The van der Waals surface area contributed by atoms with Crippen LogP contribution >= 0.6 is 11.3 Å². The van der Waals surface area contributed by atoms with Crippen LogP contribution in [0.4, 0.5) is 0 Å². The van der Waals surface area contributed by atoms with Gasteiger partial charge in [0.05, 0.1) is 25.1 Å². The third-order valence-electron chi connectivity index (χ3n) is 3.95. The first-order valence-electron chi connectivity index (χ1n) is 7.95. The molecule has 2 amide bonds. The summed E-state index contributed by atoms with van der Waals surface area (Å²) in [5.41, 5.74) is 1.00. The first-order valence-corrected chi connectivity index (χ1v) is 8.83. The molecule has 1 aromatic heterocycles. The van der Waals surface area contributed by atoms with Crippen LogP contribution in [0.25, 0.3) is 0 Å². The Morgan fingerprint density at radius 3 is 2.88 bits per heavy atom. The Morgan fingerprint density at radius 2 is 2.12 bits per heavy atom. The summed E-state index contributed by atoms with van der Waals surface area (Å²) in [6.45, 7) is 2.05. The van der Waals surface area contributed by atoms with E-state index in [1.807, 2.05) is 41.8 Å². The smallest absolute Gasteiger partial charge is 0.222 e. The molecule has 0 saturated carbocycles. The summed E-state index contributed by atoms with van der Waals surface area (Å²) in [6.07, 6.45) is 0.964. The summed E-state index contributed by atoms with van der Waals surface area (Å²) in [5, 5.41) is 7.87. The zero-order valence-corrected chi connectivity index (χ0v) is 14.3. The summed E-state index contributed by atoms with van der Waals surface area (Å²) >= 11 is 1.53. The van der Waals surface area contributed by atoms with Gasteiger partial charge in [0.25, 0.3) is 0 Å². The van der Waals surface area contributed by atoms with Crippen LogP contribution in [0.3, 0.4) is 0 Å². The van der Waals surface area contributed by atoms with Crippen molar-refractivity contribution in [3.8, 4) is 5.75 Å². The highest BCUT2D eigenvalue weighted by Gasteiger charge is 2.24. The van der Waals surface area contributed by atoms with E-state index < -0.39 is 0 Å². The van der Waals surface area contributed by atoms with Crippen LogP contribution in [-0.2, 0) is 9.59 Å². The summed E-state index contributed by atoms with van der Waals surface area (Å²) in [5.74, 6) is 0.604. The molecule has 0 bridgehead atoms. The molecule has 24 heavy (non-hydrogen) atoms. The van der Waals surface area contributed by atoms with E-state index in [0.29, 0.717) is 6.61 Å². The minimum atomic E-state index is -0.294. The number of ether oxygens (including phenoxy) is 1. The van der Waals surface area contributed by atoms with Gasteiger partial charge in [0.2, 0.25) is 11.8 Å². The van der Waals surface area contributed by atoms with E-state index in [1.165, 1.54) is 18.3 Å². The Balaban J connectivity index is 1.67. The summed E-state index contributed by atoms with van der Waals surface area (Å²) < 4.78 is 5.62. The lowest BCUT2D eigenvalue weighted by atomic mass is 10.00. The van der Waals surface area contributed by atoms with Crippen LogP contribution in [0.2, 0.25) is 0 Å². The van der Waals surface area contributed by atoms with Crippen molar-refractivity contribution in [1.29, 1.82) is 0 Å². The number of carbonyl (C=O) groups excluding carboxylic acids is 2. The minimum absolute atomic E-state index is 0.0521. The highest BCUT2D eigenvalue weighted by Crippen LogP contribution is 2.32. The van der Waals surface area contributed by atoms with Crippen LogP contribution in [0, 0.1) is 0 Å².